The molecule has 0 aliphatic heterocycles. The lowest BCUT2D eigenvalue weighted by molar-refractivity contribution is -0.107. The van der Waals surface area contributed by atoms with Crippen LogP contribution in [0.25, 0.3) is 0 Å². The van der Waals surface area contributed by atoms with Gasteiger partial charge >= 0.3 is 0 Å². The molecule has 84 valence electrons. The van der Waals surface area contributed by atoms with Gasteiger partial charge in [0.05, 0.1) is 12.7 Å². The summed E-state index contributed by atoms with van der Waals surface area (Å²) in [6, 6.07) is 0. The van der Waals surface area contributed by atoms with E-state index < -0.39 is 6.10 Å². The van der Waals surface area contributed by atoms with Gasteiger partial charge in [-0.25, -0.2) is 0 Å². The molecule has 1 unspecified atom stereocenters. The lowest BCUT2D eigenvalue weighted by Crippen LogP contribution is -2.10. The molecule has 0 aromatic carbocycles. The monoisotopic (exact) mass is 202 g/mol. The number of hydrogen-bond donors (Lipinski definition) is 2. The number of aliphatic hydroxyl groups is 2. The first-order chi connectivity index (χ1) is 6.81. The zero-order chi connectivity index (χ0) is 10.6. The van der Waals surface area contributed by atoms with Gasteiger partial charge in [0.25, 0.3) is 0 Å². The Morgan fingerprint density at radius 3 is 2.14 bits per heavy atom. The summed E-state index contributed by atoms with van der Waals surface area (Å²) in [6.45, 7) is -0.126. The average molecular weight is 202 g/mol. The van der Waals surface area contributed by atoms with Gasteiger partial charge in [-0.2, -0.15) is 0 Å². The molecule has 0 saturated carbocycles. The van der Waals surface area contributed by atoms with Gasteiger partial charge in [-0.15, -0.1) is 0 Å². The summed E-state index contributed by atoms with van der Waals surface area (Å²) in [7, 11) is 0. The quantitative estimate of drug-likeness (QED) is 0.418. The third kappa shape index (κ3) is 9.68. The van der Waals surface area contributed by atoms with Gasteiger partial charge in [-0.05, 0) is 12.8 Å². The minimum atomic E-state index is -0.537. The van der Waals surface area contributed by atoms with Crippen LogP contribution in [0.1, 0.15) is 51.4 Å². The van der Waals surface area contributed by atoms with Crippen LogP contribution in [0.15, 0.2) is 0 Å². The molecule has 0 amide bonds. The fraction of sp³-hybridized carbons (Fsp3) is 0.909. The normalized spacial score (nSPS) is 12.7. The van der Waals surface area contributed by atoms with Crippen LogP contribution >= 0.6 is 0 Å². The first kappa shape index (κ1) is 13.6. The molecule has 3 heteroatoms. The van der Waals surface area contributed by atoms with Crippen molar-refractivity contribution in [1.29, 1.82) is 0 Å². The zero-order valence-electron chi connectivity index (χ0n) is 8.82. The molecule has 1 atom stereocenters. The van der Waals surface area contributed by atoms with E-state index in [1.807, 2.05) is 0 Å². The largest absolute Gasteiger partial charge is 0.394 e. The van der Waals surface area contributed by atoms with E-state index in [-0.39, 0.29) is 6.61 Å². The minimum Gasteiger partial charge on any atom is -0.394 e. The van der Waals surface area contributed by atoms with E-state index in [0.29, 0.717) is 12.8 Å². The van der Waals surface area contributed by atoms with Crippen molar-refractivity contribution in [2.75, 3.05) is 6.61 Å². The van der Waals surface area contributed by atoms with Crippen LogP contribution in [-0.2, 0) is 4.79 Å². The van der Waals surface area contributed by atoms with Crippen molar-refractivity contribution in [2.24, 2.45) is 0 Å². The Hall–Kier alpha value is -0.410. The SMILES string of the molecule is O=CCCCCCCCCC(O)CO. The molecular formula is C11H22O3. The van der Waals surface area contributed by atoms with Crippen LogP contribution in [0, 0.1) is 0 Å². The van der Waals surface area contributed by atoms with Crippen LogP contribution in [0.3, 0.4) is 0 Å². The number of unbranched alkanes of at least 4 members (excludes halogenated alkanes) is 6. The molecule has 0 saturated heterocycles. The molecule has 0 heterocycles. The summed E-state index contributed by atoms with van der Waals surface area (Å²) in [5, 5.41) is 17.6. The third-order valence-corrected chi connectivity index (χ3v) is 2.32. The van der Waals surface area contributed by atoms with Crippen LogP contribution < -0.4 is 0 Å². The summed E-state index contributed by atoms with van der Waals surface area (Å²) >= 11 is 0. The molecule has 3 nitrogen and oxygen atoms in total. The highest BCUT2D eigenvalue weighted by Gasteiger charge is 2.00. The lowest BCUT2D eigenvalue weighted by atomic mass is 10.1. The lowest BCUT2D eigenvalue weighted by Gasteiger charge is -2.05. The predicted molar refractivity (Wildman–Crippen MR) is 56.1 cm³/mol. The highest BCUT2D eigenvalue weighted by molar-refractivity contribution is 5.48. The van der Waals surface area contributed by atoms with E-state index in [4.69, 9.17) is 10.2 Å². The summed E-state index contributed by atoms with van der Waals surface area (Å²) in [6.07, 6.45) is 8.37. The van der Waals surface area contributed by atoms with Crippen molar-refractivity contribution in [1.82, 2.24) is 0 Å². The van der Waals surface area contributed by atoms with Crippen molar-refractivity contribution in [2.45, 2.75) is 57.5 Å². The Morgan fingerprint density at radius 2 is 1.57 bits per heavy atom. The predicted octanol–water partition coefficient (Wildman–Crippen LogP) is 1.66. The molecule has 0 aliphatic carbocycles. The topological polar surface area (TPSA) is 57.5 Å². The van der Waals surface area contributed by atoms with Crippen molar-refractivity contribution in [3.8, 4) is 0 Å². The standard InChI is InChI=1S/C11H22O3/c12-9-7-5-3-1-2-4-6-8-11(14)10-13/h9,11,13-14H,1-8,10H2. The average Bonchev–Trinajstić information content (AvgIpc) is 2.21. The fourth-order valence-corrected chi connectivity index (χ4v) is 1.41. The van der Waals surface area contributed by atoms with E-state index in [1.165, 1.54) is 6.42 Å². The van der Waals surface area contributed by atoms with Crippen LogP contribution in [0.2, 0.25) is 0 Å². The smallest absolute Gasteiger partial charge is 0.119 e. The number of carbonyl (C=O) groups excluding carboxylic acids is 1. The molecule has 0 radical (unpaired) electrons. The fourth-order valence-electron chi connectivity index (χ4n) is 1.41. The van der Waals surface area contributed by atoms with E-state index in [1.54, 1.807) is 0 Å². The number of rotatable bonds is 10. The van der Waals surface area contributed by atoms with Crippen molar-refractivity contribution in [3.63, 3.8) is 0 Å². The Labute approximate surface area is 86.1 Å². The van der Waals surface area contributed by atoms with E-state index in [0.717, 1.165) is 38.4 Å². The van der Waals surface area contributed by atoms with Gasteiger partial charge in [-0.1, -0.05) is 32.1 Å². The molecule has 0 bridgehead atoms. The second-order valence-electron chi connectivity index (χ2n) is 3.70. The van der Waals surface area contributed by atoms with E-state index >= 15 is 0 Å². The Bertz CT molecular complexity index is 126. The first-order valence-corrected chi connectivity index (χ1v) is 5.53. The summed E-state index contributed by atoms with van der Waals surface area (Å²) in [4.78, 5) is 10.00. The van der Waals surface area contributed by atoms with Gasteiger partial charge < -0.3 is 15.0 Å². The molecule has 0 aliphatic rings. The van der Waals surface area contributed by atoms with Gasteiger partial charge in [0.2, 0.25) is 0 Å². The van der Waals surface area contributed by atoms with Crippen LogP contribution in [0.5, 0.6) is 0 Å². The molecule has 0 aromatic rings. The van der Waals surface area contributed by atoms with Crippen molar-refractivity contribution in [3.05, 3.63) is 0 Å². The number of hydrogen-bond acceptors (Lipinski definition) is 3. The first-order valence-electron chi connectivity index (χ1n) is 5.53. The zero-order valence-corrected chi connectivity index (χ0v) is 8.82. The summed E-state index contributed by atoms with van der Waals surface area (Å²) in [5.74, 6) is 0. The second-order valence-corrected chi connectivity index (χ2v) is 3.70. The molecule has 0 spiro atoms. The van der Waals surface area contributed by atoms with E-state index in [9.17, 15) is 4.79 Å². The molecule has 14 heavy (non-hydrogen) atoms. The highest BCUT2D eigenvalue weighted by atomic mass is 16.3. The van der Waals surface area contributed by atoms with Gasteiger partial charge in [-0.3, -0.25) is 0 Å². The van der Waals surface area contributed by atoms with Crippen LogP contribution in [0.4, 0.5) is 0 Å². The molecule has 0 rings (SSSR count). The number of carbonyl (C=O) groups is 1. The Kier molecular flexibility index (Phi) is 10.4. The minimum absolute atomic E-state index is 0.126. The Balaban J connectivity index is 2.95. The maximum atomic E-state index is 10.00. The molecule has 2 N–H and O–H groups in total. The van der Waals surface area contributed by atoms with Crippen molar-refractivity contribution < 1.29 is 15.0 Å². The molecule has 0 fully saturated rings. The van der Waals surface area contributed by atoms with Gasteiger partial charge in [0.15, 0.2) is 0 Å². The highest BCUT2D eigenvalue weighted by Crippen LogP contribution is 2.09. The number of aliphatic hydroxyl groups excluding tert-OH is 2. The maximum absolute atomic E-state index is 10.00. The Morgan fingerprint density at radius 1 is 1.00 bits per heavy atom. The third-order valence-electron chi connectivity index (χ3n) is 2.32. The van der Waals surface area contributed by atoms with Gasteiger partial charge in [0.1, 0.15) is 6.29 Å². The molecule has 0 aromatic heterocycles. The van der Waals surface area contributed by atoms with Crippen LogP contribution in [-0.4, -0.2) is 29.2 Å². The number of aldehydes is 1. The summed E-state index contributed by atoms with van der Waals surface area (Å²) < 4.78 is 0. The summed E-state index contributed by atoms with van der Waals surface area (Å²) in [5.41, 5.74) is 0. The second kappa shape index (κ2) is 10.7. The molecular weight excluding hydrogens is 180 g/mol. The van der Waals surface area contributed by atoms with Gasteiger partial charge in [0, 0.05) is 6.42 Å². The van der Waals surface area contributed by atoms with E-state index in [2.05, 4.69) is 0 Å². The van der Waals surface area contributed by atoms with Crippen molar-refractivity contribution >= 4 is 6.29 Å². The maximum Gasteiger partial charge on any atom is 0.119 e.